The van der Waals surface area contributed by atoms with Gasteiger partial charge in [0.2, 0.25) is 0 Å². The van der Waals surface area contributed by atoms with E-state index in [1.165, 1.54) is 44.9 Å². The monoisotopic (exact) mass is 550 g/mol. The summed E-state index contributed by atoms with van der Waals surface area (Å²) in [5.41, 5.74) is 1.64. The molecule has 5 aliphatic carbocycles. The summed E-state index contributed by atoms with van der Waals surface area (Å²) < 4.78 is 6.52. The van der Waals surface area contributed by atoms with Crippen molar-refractivity contribution in [2.24, 2.45) is 44.8 Å². The molecule has 0 amide bonds. The SMILES string of the molecule is CC(C1C(OC(=O)c2ccccc2)CC2(C)C3CCC4C(C)(CO)C(N(C)C)CCC45CC35CCC12C)N(C)C. The number of hydrogen-bond donors (Lipinski definition) is 1. The molecule has 0 aliphatic heterocycles. The first-order valence-electron chi connectivity index (χ1n) is 16.0. The molecule has 5 nitrogen and oxygen atoms in total. The van der Waals surface area contributed by atoms with Crippen LogP contribution in [0.1, 0.15) is 89.4 Å². The number of rotatable bonds is 6. The molecule has 5 saturated carbocycles. The summed E-state index contributed by atoms with van der Waals surface area (Å²) in [7, 11) is 8.78. The van der Waals surface area contributed by atoms with Gasteiger partial charge in [0.15, 0.2) is 0 Å². The smallest absolute Gasteiger partial charge is 0.338 e. The summed E-state index contributed by atoms with van der Waals surface area (Å²) in [6.07, 6.45) is 9.72. The minimum atomic E-state index is -0.172. The fourth-order valence-electron chi connectivity index (χ4n) is 12.4. The van der Waals surface area contributed by atoms with E-state index in [1.54, 1.807) is 0 Å². The predicted molar refractivity (Wildman–Crippen MR) is 160 cm³/mol. The highest BCUT2D eigenvalue weighted by Crippen LogP contribution is 2.89. The van der Waals surface area contributed by atoms with Crippen LogP contribution in [-0.4, -0.2) is 73.9 Å². The highest BCUT2D eigenvalue weighted by atomic mass is 16.5. The molecular formula is C35H54N2O3. The summed E-state index contributed by atoms with van der Waals surface area (Å²) in [4.78, 5) is 18.2. The summed E-state index contributed by atoms with van der Waals surface area (Å²) in [6.45, 7) is 10.2. The molecule has 5 aliphatic rings. The number of esters is 1. The van der Waals surface area contributed by atoms with Crippen LogP contribution in [0.5, 0.6) is 0 Å². The van der Waals surface area contributed by atoms with Crippen LogP contribution < -0.4 is 0 Å². The van der Waals surface area contributed by atoms with E-state index in [0.717, 1.165) is 6.42 Å². The molecule has 0 saturated heterocycles. The fraction of sp³-hybridized carbons (Fsp3) is 0.800. The third-order valence-electron chi connectivity index (χ3n) is 14.5. The van der Waals surface area contributed by atoms with Crippen molar-refractivity contribution in [3.05, 3.63) is 35.9 Å². The molecule has 5 heteroatoms. The molecule has 0 heterocycles. The Morgan fingerprint density at radius 1 is 0.950 bits per heavy atom. The van der Waals surface area contributed by atoms with Crippen LogP contribution in [0.2, 0.25) is 0 Å². The first kappa shape index (κ1) is 28.7. The summed E-state index contributed by atoms with van der Waals surface area (Å²) in [5, 5.41) is 10.9. The average molecular weight is 551 g/mol. The quantitative estimate of drug-likeness (QED) is 0.433. The molecule has 0 bridgehead atoms. The van der Waals surface area contributed by atoms with E-state index < -0.39 is 0 Å². The van der Waals surface area contributed by atoms with E-state index in [4.69, 9.17) is 4.74 Å². The summed E-state index contributed by atoms with van der Waals surface area (Å²) in [6, 6.07) is 10.3. The Morgan fingerprint density at radius 3 is 2.23 bits per heavy atom. The van der Waals surface area contributed by atoms with Crippen LogP contribution in [0.25, 0.3) is 0 Å². The Balaban J connectivity index is 1.35. The highest BCUT2D eigenvalue weighted by Gasteiger charge is 2.83. The van der Waals surface area contributed by atoms with Crippen molar-refractivity contribution in [3.8, 4) is 0 Å². The molecule has 222 valence electrons. The van der Waals surface area contributed by atoms with Gasteiger partial charge in [0, 0.05) is 23.4 Å². The van der Waals surface area contributed by atoms with Crippen LogP contribution >= 0.6 is 0 Å². The maximum absolute atomic E-state index is 13.4. The van der Waals surface area contributed by atoms with Crippen molar-refractivity contribution in [1.29, 1.82) is 0 Å². The summed E-state index contributed by atoms with van der Waals surface area (Å²) in [5.74, 6) is 1.39. The van der Waals surface area contributed by atoms with Crippen LogP contribution in [0.3, 0.4) is 0 Å². The Morgan fingerprint density at radius 2 is 1.60 bits per heavy atom. The van der Waals surface area contributed by atoms with Gasteiger partial charge in [-0.15, -0.1) is 0 Å². The number of hydrogen-bond acceptors (Lipinski definition) is 5. The largest absolute Gasteiger partial charge is 0.458 e. The second-order valence-corrected chi connectivity index (χ2v) is 15.9. The third-order valence-corrected chi connectivity index (χ3v) is 14.5. The lowest BCUT2D eigenvalue weighted by molar-refractivity contribution is -0.162. The van der Waals surface area contributed by atoms with Gasteiger partial charge in [-0.3, -0.25) is 0 Å². The van der Waals surface area contributed by atoms with E-state index in [1.807, 2.05) is 30.3 Å². The van der Waals surface area contributed by atoms with Crippen molar-refractivity contribution in [2.45, 2.75) is 97.2 Å². The molecule has 40 heavy (non-hydrogen) atoms. The molecule has 1 aromatic carbocycles. The van der Waals surface area contributed by atoms with E-state index in [2.05, 4.69) is 65.7 Å². The van der Waals surface area contributed by atoms with Gasteiger partial charge in [0.25, 0.3) is 0 Å². The maximum Gasteiger partial charge on any atom is 0.338 e. The Hall–Kier alpha value is -1.43. The molecule has 0 radical (unpaired) electrons. The lowest BCUT2D eigenvalue weighted by Gasteiger charge is -2.64. The van der Waals surface area contributed by atoms with E-state index >= 15 is 0 Å². The number of carbonyl (C=O) groups is 1. The third kappa shape index (κ3) is 3.52. The Bertz CT molecular complexity index is 1140. The Labute approximate surface area is 243 Å². The normalized spacial score (nSPS) is 48.1. The zero-order valence-electron chi connectivity index (χ0n) is 26.4. The number of ether oxygens (including phenoxy) is 1. The van der Waals surface area contributed by atoms with Gasteiger partial charge in [-0.2, -0.15) is 0 Å². The van der Waals surface area contributed by atoms with Gasteiger partial charge in [-0.25, -0.2) is 4.79 Å². The lowest BCUT2D eigenvalue weighted by atomic mass is 9.41. The minimum Gasteiger partial charge on any atom is -0.458 e. The zero-order valence-corrected chi connectivity index (χ0v) is 26.4. The molecule has 6 rings (SSSR count). The van der Waals surface area contributed by atoms with Gasteiger partial charge >= 0.3 is 5.97 Å². The van der Waals surface area contributed by atoms with Crippen LogP contribution in [0.15, 0.2) is 30.3 Å². The average Bonchev–Trinajstić information content (AvgIpc) is 3.52. The number of nitrogens with zero attached hydrogens (tertiary/aromatic N) is 2. The first-order chi connectivity index (χ1) is 18.8. The van der Waals surface area contributed by atoms with Crippen molar-refractivity contribution < 1.29 is 14.6 Å². The number of aliphatic hydroxyl groups excluding tert-OH is 1. The number of carbonyl (C=O) groups excluding carboxylic acids is 1. The molecule has 2 spiro atoms. The highest BCUT2D eigenvalue weighted by molar-refractivity contribution is 5.89. The van der Waals surface area contributed by atoms with Crippen molar-refractivity contribution in [2.75, 3.05) is 34.8 Å². The molecule has 11 atom stereocenters. The fourth-order valence-corrected chi connectivity index (χ4v) is 12.4. The second-order valence-electron chi connectivity index (χ2n) is 15.9. The molecule has 1 N–H and O–H groups in total. The predicted octanol–water partition coefficient (Wildman–Crippen LogP) is 6.11. The van der Waals surface area contributed by atoms with E-state index in [0.29, 0.717) is 46.2 Å². The maximum atomic E-state index is 13.4. The molecule has 11 unspecified atom stereocenters. The molecular weight excluding hydrogens is 496 g/mol. The second kappa shape index (κ2) is 9.28. The lowest BCUT2D eigenvalue weighted by Crippen LogP contribution is -2.61. The minimum absolute atomic E-state index is 0.0384. The molecule has 1 aromatic rings. The van der Waals surface area contributed by atoms with Crippen molar-refractivity contribution in [1.82, 2.24) is 9.80 Å². The van der Waals surface area contributed by atoms with Crippen LogP contribution in [0, 0.1) is 44.8 Å². The van der Waals surface area contributed by atoms with Gasteiger partial charge < -0.3 is 19.6 Å². The number of benzene rings is 1. The Kier molecular flexibility index (Phi) is 6.66. The summed E-state index contributed by atoms with van der Waals surface area (Å²) >= 11 is 0. The van der Waals surface area contributed by atoms with Gasteiger partial charge in [-0.05, 0) is 132 Å². The van der Waals surface area contributed by atoms with Gasteiger partial charge in [-0.1, -0.05) is 39.0 Å². The van der Waals surface area contributed by atoms with Crippen molar-refractivity contribution >= 4 is 5.97 Å². The van der Waals surface area contributed by atoms with Crippen LogP contribution in [0.4, 0.5) is 0 Å². The van der Waals surface area contributed by atoms with Gasteiger partial charge in [0.1, 0.15) is 6.10 Å². The van der Waals surface area contributed by atoms with Crippen LogP contribution in [-0.2, 0) is 4.74 Å². The molecule has 5 fully saturated rings. The topological polar surface area (TPSA) is 53.0 Å². The standard InChI is InChI=1S/C35H54N2O3/c1-23(36(5)6)29-25(40-30(39)24-12-10-9-11-13-24)20-33(4)27-15-14-26-31(2,22-38)28(37(7)8)16-17-34(26)21-35(27,34)19-18-32(29,33)3/h9-13,23,25-29,38H,14-22H2,1-8H3. The van der Waals surface area contributed by atoms with Crippen molar-refractivity contribution in [3.63, 3.8) is 0 Å². The molecule has 0 aromatic heterocycles. The zero-order chi connectivity index (χ0) is 28.9. The van der Waals surface area contributed by atoms with Gasteiger partial charge in [0.05, 0.1) is 12.2 Å². The number of aliphatic hydroxyl groups is 1. The van der Waals surface area contributed by atoms with E-state index in [9.17, 15) is 9.90 Å². The first-order valence-corrected chi connectivity index (χ1v) is 16.0. The number of fused-ring (bicyclic) bond motifs is 2. The van der Waals surface area contributed by atoms with E-state index in [-0.39, 0.29) is 34.9 Å².